The van der Waals surface area contributed by atoms with Crippen LogP contribution < -0.4 is 0 Å². The number of ether oxygens (including phenoxy) is 1. The minimum atomic E-state index is -3.45. The van der Waals surface area contributed by atoms with Gasteiger partial charge in [-0.05, 0) is 24.3 Å². The molecule has 0 fully saturated rings. The molecule has 1 atom stereocenters. The Bertz CT molecular complexity index is 1080. The van der Waals surface area contributed by atoms with Crippen LogP contribution in [0, 0.1) is 11.8 Å². The van der Waals surface area contributed by atoms with Gasteiger partial charge in [-0.25, -0.2) is 18.2 Å². The van der Waals surface area contributed by atoms with Gasteiger partial charge in [-0.15, -0.1) is 5.73 Å². The van der Waals surface area contributed by atoms with E-state index in [1.807, 2.05) is 6.07 Å². The molecule has 0 saturated heterocycles. The SMILES string of the molecule is O=C(OC1C=C=CS(=O)(=O)CC#C/C=C\1)c1cnc2ccccc2n1. The lowest BCUT2D eigenvalue weighted by molar-refractivity contribution is 0.0456. The maximum atomic E-state index is 12.3. The molecule has 3 rings (SSSR count). The summed E-state index contributed by atoms with van der Waals surface area (Å²) in [5.74, 6) is 4.12. The molecule has 25 heavy (non-hydrogen) atoms. The second-order valence-corrected chi connectivity index (χ2v) is 6.90. The van der Waals surface area contributed by atoms with Crippen molar-refractivity contribution >= 4 is 26.8 Å². The van der Waals surface area contributed by atoms with E-state index in [1.165, 1.54) is 24.4 Å². The molecule has 6 nitrogen and oxygen atoms in total. The van der Waals surface area contributed by atoms with Crippen LogP contribution in [0.3, 0.4) is 0 Å². The van der Waals surface area contributed by atoms with Gasteiger partial charge >= 0.3 is 5.97 Å². The van der Waals surface area contributed by atoms with Crippen LogP contribution in [0.4, 0.5) is 0 Å². The highest BCUT2D eigenvalue weighted by atomic mass is 32.2. The molecule has 0 N–H and O–H groups in total. The van der Waals surface area contributed by atoms with Gasteiger partial charge in [0.2, 0.25) is 0 Å². The Morgan fingerprint density at radius 2 is 2.04 bits per heavy atom. The molecule has 2 heterocycles. The summed E-state index contributed by atoms with van der Waals surface area (Å²) in [5, 5.41) is 0.914. The maximum absolute atomic E-state index is 12.3. The van der Waals surface area contributed by atoms with E-state index >= 15 is 0 Å². The van der Waals surface area contributed by atoms with Gasteiger partial charge in [0.25, 0.3) is 0 Å². The molecule has 0 saturated carbocycles. The Morgan fingerprint density at radius 3 is 2.88 bits per heavy atom. The Labute approximate surface area is 144 Å². The van der Waals surface area contributed by atoms with E-state index in [9.17, 15) is 13.2 Å². The normalized spacial score (nSPS) is 19.6. The van der Waals surface area contributed by atoms with Crippen LogP contribution >= 0.6 is 0 Å². The number of carbonyl (C=O) groups excluding carboxylic acids is 1. The van der Waals surface area contributed by atoms with E-state index in [-0.39, 0.29) is 11.4 Å². The lowest BCUT2D eigenvalue weighted by Crippen LogP contribution is -2.15. The molecule has 1 aromatic heterocycles. The van der Waals surface area contributed by atoms with Crippen molar-refractivity contribution in [2.75, 3.05) is 5.75 Å². The van der Waals surface area contributed by atoms with Gasteiger partial charge in [-0.1, -0.05) is 24.0 Å². The zero-order chi connectivity index (χ0) is 17.7. The first-order chi connectivity index (χ1) is 12.0. The Morgan fingerprint density at radius 1 is 1.24 bits per heavy atom. The molecule has 2 aromatic rings. The van der Waals surface area contributed by atoms with Crippen LogP contribution in [0.25, 0.3) is 11.0 Å². The van der Waals surface area contributed by atoms with Crippen molar-refractivity contribution in [1.29, 1.82) is 0 Å². The van der Waals surface area contributed by atoms with Crippen molar-refractivity contribution in [2.45, 2.75) is 6.10 Å². The van der Waals surface area contributed by atoms with Gasteiger partial charge in [0.15, 0.2) is 15.5 Å². The highest BCUT2D eigenvalue weighted by molar-refractivity contribution is 7.94. The first kappa shape index (κ1) is 16.7. The quantitative estimate of drug-likeness (QED) is 0.465. The number of nitrogens with zero attached hydrogens (tertiary/aromatic N) is 2. The molecular weight excluding hydrogens is 340 g/mol. The lowest BCUT2D eigenvalue weighted by Gasteiger charge is -2.09. The predicted molar refractivity (Wildman–Crippen MR) is 92.1 cm³/mol. The van der Waals surface area contributed by atoms with Gasteiger partial charge < -0.3 is 4.74 Å². The van der Waals surface area contributed by atoms with E-state index in [0.29, 0.717) is 11.0 Å². The molecule has 124 valence electrons. The highest BCUT2D eigenvalue weighted by Crippen LogP contribution is 2.10. The van der Waals surface area contributed by atoms with Crippen LogP contribution in [0.2, 0.25) is 0 Å². The third kappa shape index (κ3) is 4.42. The molecule has 0 amide bonds. The lowest BCUT2D eigenvalue weighted by atomic mass is 10.3. The van der Waals surface area contributed by atoms with Crippen LogP contribution in [-0.4, -0.2) is 36.2 Å². The molecule has 1 aliphatic heterocycles. The molecule has 7 heteroatoms. The second-order valence-electron chi connectivity index (χ2n) is 5.05. The van der Waals surface area contributed by atoms with Crippen LogP contribution in [0.5, 0.6) is 0 Å². The highest BCUT2D eigenvalue weighted by Gasteiger charge is 2.14. The average Bonchev–Trinajstić information content (AvgIpc) is 2.60. The summed E-state index contributed by atoms with van der Waals surface area (Å²) in [6.07, 6.45) is 4.80. The van der Waals surface area contributed by atoms with Crippen molar-refractivity contribution in [2.24, 2.45) is 0 Å². The summed E-state index contributed by atoms with van der Waals surface area (Å²) in [6.45, 7) is 0. The Balaban J connectivity index is 1.84. The van der Waals surface area contributed by atoms with Crippen molar-refractivity contribution in [1.82, 2.24) is 9.97 Å². The van der Waals surface area contributed by atoms with E-state index in [0.717, 1.165) is 5.41 Å². The third-order valence-corrected chi connectivity index (χ3v) is 4.20. The van der Waals surface area contributed by atoms with Crippen molar-refractivity contribution in [3.63, 3.8) is 0 Å². The van der Waals surface area contributed by atoms with Crippen molar-refractivity contribution in [3.05, 3.63) is 65.5 Å². The molecule has 0 aliphatic carbocycles. The Hall–Kier alpha value is -3.20. The van der Waals surface area contributed by atoms with Crippen molar-refractivity contribution in [3.8, 4) is 11.8 Å². The monoisotopic (exact) mass is 352 g/mol. The molecular formula is C18H12N2O4S. The smallest absolute Gasteiger partial charge is 0.359 e. The number of para-hydroxylation sites is 2. The number of benzene rings is 1. The molecule has 1 unspecified atom stereocenters. The molecule has 0 spiro atoms. The van der Waals surface area contributed by atoms with Gasteiger partial charge in [0.1, 0.15) is 11.9 Å². The number of rotatable bonds is 2. The predicted octanol–water partition coefficient (Wildman–Crippen LogP) is 1.81. The number of sulfone groups is 1. The average molecular weight is 352 g/mol. The zero-order valence-electron chi connectivity index (χ0n) is 12.9. The van der Waals surface area contributed by atoms with Gasteiger partial charge in [-0.3, -0.25) is 4.98 Å². The fraction of sp³-hybridized carbons (Fsp3) is 0.111. The zero-order valence-corrected chi connectivity index (χ0v) is 13.7. The summed E-state index contributed by atoms with van der Waals surface area (Å²) < 4.78 is 28.4. The fourth-order valence-electron chi connectivity index (χ4n) is 1.99. The molecule has 1 aliphatic rings. The van der Waals surface area contributed by atoms with Crippen LogP contribution in [0.1, 0.15) is 10.5 Å². The topological polar surface area (TPSA) is 86.2 Å². The van der Waals surface area contributed by atoms with Crippen LogP contribution in [-0.2, 0) is 14.6 Å². The number of fused-ring (bicyclic) bond motifs is 1. The van der Waals surface area contributed by atoms with E-state index < -0.39 is 21.9 Å². The summed E-state index contributed by atoms with van der Waals surface area (Å²) in [7, 11) is -3.45. The minimum absolute atomic E-state index is 0.0558. The number of carbonyl (C=O) groups is 1. The van der Waals surface area contributed by atoms with Crippen LogP contribution in [0.15, 0.2) is 59.8 Å². The summed E-state index contributed by atoms with van der Waals surface area (Å²) in [5.41, 5.74) is 3.81. The number of esters is 1. The largest absolute Gasteiger partial charge is 0.448 e. The first-order valence-electron chi connectivity index (χ1n) is 7.27. The second kappa shape index (κ2) is 7.14. The number of hydrogen-bond donors (Lipinski definition) is 0. The van der Waals surface area contributed by atoms with Crippen molar-refractivity contribution < 1.29 is 17.9 Å². The number of allylic oxidation sites excluding steroid dienone is 1. The maximum Gasteiger partial charge on any atom is 0.359 e. The molecule has 0 bridgehead atoms. The van der Waals surface area contributed by atoms with Gasteiger partial charge in [0, 0.05) is 6.08 Å². The fourth-order valence-corrected chi connectivity index (χ4v) is 2.65. The van der Waals surface area contributed by atoms with Gasteiger partial charge in [-0.2, -0.15) is 0 Å². The summed E-state index contributed by atoms with van der Waals surface area (Å²) in [4.78, 5) is 20.6. The van der Waals surface area contributed by atoms with Gasteiger partial charge in [0.05, 0.1) is 22.6 Å². The number of hydrogen-bond acceptors (Lipinski definition) is 6. The standard InChI is InChI=1S/C18H12N2O4S/c21-18(17-13-19-15-9-3-4-10-16(15)20-17)24-14-7-2-1-5-11-25(22,23)12-6-8-14/h2-4,7-10,12-14H,11H2/b7-2-. The Kier molecular flexibility index (Phi) is 4.75. The van der Waals surface area contributed by atoms with E-state index in [1.54, 1.807) is 18.2 Å². The van der Waals surface area contributed by atoms with E-state index in [2.05, 4.69) is 27.5 Å². The summed E-state index contributed by atoms with van der Waals surface area (Å²) in [6, 6.07) is 7.15. The molecule has 1 aromatic carbocycles. The third-order valence-electron chi connectivity index (χ3n) is 3.15. The van der Waals surface area contributed by atoms with E-state index in [4.69, 9.17) is 4.74 Å². The summed E-state index contributed by atoms with van der Waals surface area (Å²) >= 11 is 0. The number of aromatic nitrogens is 2. The molecule has 0 radical (unpaired) electrons. The first-order valence-corrected chi connectivity index (χ1v) is 8.98. The minimum Gasteiger partial charge on any atom is -0.448 e.